The average Bonchev–Trinajstić information content (AvgIpc) is 3.44. The fraction of sp³-hybridized carbons (Fsp3) is 0.318. The van der Waals surface area contributed by atoms with Gasteiger partial charge in [-0.15, -0.1) is 10.2 Å². The minimum absolute atomic E-state index is 0.0617. The number of nitro groups is 1. The Labute approximate surface area is 184 Å². The van der Waals surface area contributed by atoms with Gasteiger partial charge in [0.25, 0.3) is 5.69 Å². The molecule has 1 aliphatic rings. The van der Waals surface area contributed by atoms with Crippen molar-refractivity contribution in [2.75, 3.05) is 11.1 Å². The lowest BCUT2D eigenvalue weighted by atomic mass is 10.1. The molecule has 0 bridgehead atoms. The third-order valence-corrected chi connectivity index (χ3v) is 6.33. The highest BCUT2D eigenvalue weighted by atomic mass is 32.2. The summed E-state index contributed by atoms with van der Waals surface area (Å²) in [6, 6.07) is 14.5. The number of anilines is 1. The summed E-state index contributed by atoms with van der Waals surface area (Å²) in [5.74, 6) is 1.68. The van der Waals surface area contributed by atoms with E-state index in [1.165, 1.54) is 35.0 Å². The van der Waals surface area contributed by atoms with E-state index >= 15 is 0 Å². The Morgan fingerprint density at radius 1 is 1.23 bits per heavy atom. The van der Waals surface area contributed by atoms with Crippen LogP contribution >= 0.6 is 11.8 Å². The zero-order chi connectivity index (χ0) is 22.0. The maximum Gasteiger partial charge on any atom is 0.271 e. The van der Waals surface area contributed by atoms with E-state index in [2.05, 4.69) is 51.3 Å². The molecule has 1 aromatic heterocycles. The minimum atomic E-state index is -0.489. The molecule has 8 nitrogen and oxygen atoms in total. The standard InChI is InChI=1S/C22H23N5O3S/c1-3-26-21(19-12-18(19)15-9-7-14(2)8-10-15)24-25-22(26)31-13-20(28)23-16-5-4-6-17(11-16)27(29)30/h4-11,18-19H,3,12-13H2,1-2H3,(H,23,28)/t18-,19-/m1/s1. The first kappa shape index (κ1) is 21.0. The molecule has 9 heteroatoms. The molecule has 1 N–H and O–H groups in total. The summed E-state index contributed by atoms with van der Waals surface area (Å²) in [6.45, 7) is 4.86. The quantitative estimate of drug-likeness (QED) is 0.316. The maximum absolute atomic E-state index is 12.3. The van der Waals surface area contributed by atoms with E-state index in [-0.39, 0.29) is 17.3 Å². The number of nitrogens with one attached hydrogen (secondary N) is 1. The highest BCUT2D eigenvalue weighted by Crippen LogP contribution is 2.54. The van der Waals surface area contributed by atoms with Gasteiger partial charge in [0.05, 0.1) is 10.7 Å². The number of non-ortho nitro benzene ring substituents is 1. The van der Waals surface area contributed by atoms with Gasteiger partial charge in [0, 0.05) is 30.3 Å². The molecule has 1 heterocycles. The minimum Gasteiger partial charge on any atom is -0.325 e. The third-order valence-electron chi connectivity index (χ3n) is 5.36. The van der Waals surface area contributed by atoms with Crippen LogP contribution in [-0.4, -0.2) is 31.3 Å². The van der Waals surface area contributed by atoms with Crippen molar-refractivity contribution >= 4 is 29.0 Å². The van der Waals surface area contributed by atoms with E-state index in [4.69, 9.17) is 0 Å². The molecule has 3 aromatic rings. The maximum atomic E-state index is 12.3. The Hall–Kier alpha value is -3.20. The van der Waals surface area contributed by atoms with Crippen LogP contribution in [0, 0.1) is 17.0 Å². The average molecular weight is 438 g/mol. The number of amides is 1. The first-order valence-corrected chi connectivity index (χ1v) is 11.1. The summed E-state index contributed by atoms with van der Waals surface area (Å²) >= 11 is 1.32. The van der Waals surface area contributed by atoms with Crippen LogP contribution in [0.1, 0.15) is 42.1 Å². The Kier molecular flexibility index (Phi) is 6.03. The molecule has 1 fully saturated rings. The normalized spacial score (nSPS) is 17.4. The van der Waals surface area contributed by atoms with Gasteiger partial charge in [-0.3, -0.25) is 14.9 Å². The van der Waals surface area contributed by atoms with Gasteiger partial charge in [-0.25, -0.2) is 0 Å². The number of thioether (sulfide) groups is 1. The molecule has 0 aliphatic heterocycles. The number of hydrogen-bond donors (Lipinski definition) is 1. The van der Waals surface area contributed by atoms with E-state index in [9.17, 15) is 14.9 Å². The molecule has 0 radical (unpaired) electrons. The number of benzene rings is 2. The fourth-order valence-corrected chi connectivity index (χ4v) is 4.47. The van der Waals surface area contributed by atoms with Crippen LogP contribution in [-0.2, 0) is 11.3 Å². The molecule has 1 saturated carbocycles. The largest absolute Gasteiger partial charge is 0.325 e. The van der Waals surface area contributed by atoms with E-state index < -0.39 is 4.92 Å². The van der Waals surface area contributed by atoms with Gasteiger partial charge in [-0.05, 0) is 37.8 Å². The lowest BCUT2D eigenvalue weighted by Gasteiger charge is -2.08. The molecule has 1 amide bonds. The van der Waals surface area contributed by atoms with Crippen LogP contribution in [0.25, 0.3) is 0 Å². The van der Waals surface area contributed by atoms with Crippen molar-refractivity contribution in [3.8, 4) is 0 Å². The zero-order valence-corrected chi connectivity index (χ0v) is 18.1. The second-order valence-electron chi connectivity index (χ2n) is 7.59. The van der Waals surface area contributed by atoms with Crippen molar-refractivity contribution in [1.82, 2.24) is 14.8 Å². The van der Waals surface area contributed by atoms with Crippen LogP contribution in [0.15, 0.2) is 53.7 Å². The van der Waals surface area contributed by atoms with Crippen molar-refractivity contribution in [3.63, 3.8) is 0 Å². The number of nitrogens with zero attached hydrogens (tertiary/aromatic N) is 4. The summed E-state index contributed by atoms with van der Waals surface area (Å²) in [7, 11) is 0. The number of rotatable bonds is 8. The molecule has 160 valence electrons. The van der Waals surface area contributed by atoms with Gasteiger partial charge in [0.2, 0.25) is 5.91 Å². The smallest absolute Gasteiger partial charge is 0.271 e. The van der Waals surface area contributed by atoms with Crippen LogP contribution in [0.3, 0.4) is 0 Å². The second kappa shape index (κ2) is 8.89. The van der Waals surface area contributed by atoms with Gasteiger partial charge in [-0.1, -0.05) is 47.7 Å². The fourth-order valence-electron chi connectivity index (χ4n) is 3.67. The molecule has 0 spiro atoms. The summed E-state index contributed by atoms with van der Waals surface area (Å²) in [4.78, 5) is 22.7. The predicted octanol–water partition coefficient (Wildman–Crippen LogP) is 4.52. The molecule has 2 atom stereocenters. The Balaban J connectivity index is 1.38. The monoisotopic (exact) mass is 437 g/mol. The number of hydrogen-bond acceptors (Lipinski definition) is 6. The van der Waals surface area contributed by atoms with Crippen LogP contribution in [0.2, 0.25) is 0 Å². The van der Waals surface area contributed by atoms with Crippen molar-refractivity contribution in [2.45, 2.75) is 43.8 Å². The van der Waals surface area contributed by atoms with Crippen molar-refractivity contribution in [1.29, 1.82) is 0 Å². The van der Waals surface area contributed by atoms with Gasteiger partial charge in [0.1, 0.15) is 5.82 Å². The van der Waals surface area contributed by atoms with Crippen molar-refractivity contribution in [2.24, 2.45) is 0 Å². The first-order valence-electron chi connectivity index (χ1n) is 10.1. The SMILES string of the molecule is CCn1c(SCC(=O)Nc2cccc([N+](=O)[O-])c2)nnc1[C@@H]1C[C@@H]1c1ccc(C)cc1. The zero-order valence-electron chi connectivity index (χ0n) is 17.3. The van der Waals surface area contributed by atoms with E-state index in [1.807, 2.05) is 6.92 Å². The second-order valence-corrected chi connectivity index (χ2v) is 8.53. The highest BCUT2D eigenvalue weighted by Gasteiger charge is 2.43. The number of nitro benzene ring substituents is 1. The van der Waals surface area contributed by atoms with E-state index in [1.54, 1.807) is 12.1 Å². The lowest BCUT2D eigenvalue weighted by molar-refractivity contribution is -0.384. The number of aryl methyl sites for hydroxylation is 1. The van der Waals surface area contributed by atoms with Gasteiger partial charge in [-0.2, -0.15) is 0 Å². The molecular formula is C22H23N5O3S. The third kappa shape index (κ3) is 4.77. The van der Waals surface area contributed by atoms with E-state index in [0.717, 1.165) is 18.8 Å². The highest BCUT2D eigenvalue weighted by molar-refractivity contribution is 7.99. The Morgan fingerprint density at radius 2 is 2.00 bits per heavy atom. The van der Waals surface area contributed by atoms with Gasteiger partial charge in [0.15, 0.2) is 5.16 Å². The molecule has 4 rings (SSSR count). The Morgan fingerprint density at radius 3 is 2.71 bits per heavy atom. The topological polar surface area (TPSA) is 103 Å². The number of aromatic nitrogens is 3. The van der Waals surface area contributed by atoms with Crippen molar-refractivity contribution < 1.29 is 9.72 Å². The van der Waals surface area contributed by atoms with Crippen molar-refractivity contribution in [3.05, 3.63) is 75.6 Å². The van der Waals surface area contributed by atoms with Crippen LogP contribution in [0.5, 0.6) is 0 Å². The van der Waals surface area contributed by atoms with Crippen LogP contribution < -0.4 is 5.32 Å². The predicted molar refractivity (Wildman–Crippen MR) is 119 cm³/mol. The molecule has 1 aliphatic carbocycles. The summed E-state index contributed by atoms with van der Waals surface area (Å²) in [5, 5.41) is 23.0. The summed E-state index contributed by atoms with van der Waals surface area (Å²) in [5.41, 5.74) is 2.91. The molecule has 0 saturated heterocycles. The summed E-state index contributed by atoms with van der Waals surface area (Å²) in [6.07, 6.45) is 1.05. The molecule has 31 heavy (non-hydrogen) atoms. The number of carbonyl (C=O) groups is 1. The van der Waals surface area contributed by atoms with Gasteiger partial charge >= 0.3 is 0 Å². The number of carbonyl (C=O) groups excluding carboxylic acids is 1. The van der Waals surface area contributed by atoms with Gasteiger partial charge < -0.3 is 9.88 Å². The molecule has 0 unspecified atom stereocenters. The van der Waals surface area contributed by atoms with Crippen LogP contribution in [0.4, 0.5) is 11.4 Å². The Bertz CT molecular complexity index is 1110. The first-order chi connectivity index (χ1) is 15.0. The molecule has 2 aromatic carbocycles. The van der Waals surface area contributed by atoms with E-state index in [0.29, 0.717) is 22.7 Å². The lowest BCUT2D eigenvalue weighted by Crippen LogP contribution is -2.14. The summed E-state index contributed by atoms with van der Waals surface area (Å²) < 4.78 is 2.07. The molecular weight excluding hydrogens is 414 g/mol.